The highest BCUT2D eigenvalue weighted by Gasteiger charge is 2.06. The molecule has 4 N–H and O–H groups in total. The Balaban J connectivity index is 3.36. The van der Waals surface area contributed by atoms with Gasteiger partial charge in [-0.2, -0.15) is 0 Å². The van der Waals surface area contributed by atoms with E-state index in [0.29, 0.717) is 13.0 Å². The third-order valence-corrected chi connectivity index (χ3v) is 5.21. The third kappa shape index (κ3) is 20.2. The lowest BCUT2D eigenvalue weighted by molar-refractivity contribution is -0.0503. The summed E-state index contributed by atoms with van der Waals surface area (Å²) < 4.78 is 0. The molecule has 0 spiro atoms. The number of rotatable bonds is 21. The smallest absolute Gasteiger partial charge is 0.152 e. The van der Waals surface area contributed by atoms with Crippen LogP contribution < -0.4 is 5.73 Å². The van der Waals surface area contributed by atoms with Crippen LogP contribution >= 0.6 is 0 Å². The van der Waals surface area contributed by atoms with Crippen molar-refractivity contribution in [3.8, 4) is 0 Å². The number of aliphatic hydroxyl groups is 2. The summed E-state index contributed by atoms with van der Waals surface area (Å²) in [5.74, 6) is 0. The van der Waals surface area contributed by atoms with Gasteiger partial charge in [0.25, 0.3) is 0 Å². The molecule has 0 aliphatic carbocycles. The van der Waals surface area contributed by atoms with E-state index in [4.69, 9.17) is 15.9 Å². The van der Waals surface area contributed by atoms with Gasteiger partial charge in [-0.15, -0.1) is 0 Å². The first-order valence-electron chi connectivity index (χ1n) is 11.5. The molecule has 0 amide bonds. The van der Waals surface area contributed by atoms with E-state index in [2.05, 4.69) is 11.8 Å². The average Bonchev–Trinajstić information content (AvgIpc) is 2.63. The third-order valence-electron chi connectivity index (χ3n) is 5.21. The minimum atomic E-state index is -1.19. The van der Waals surface area contributed by atoms with Crippen LogP contribution in [0.15, 0.2) is 0 Å². The van der Waals surface area contributed by atoms with Crippen LogP contribution in [-0.2, 0) is 0 Å². The molecule has 0 aromatic carbocycles. The molecule has 4 nitrogen and oxygen atoms in total. The van der Waals surface area contributed by atoms with E-state index < -0.39 is 6.29 Å². The quantitative estimate of drug-likeness (QED) is 0.200. The van der Waals surface area contributed by atoms with E-state index in [0.717, 1.165) is 26.1 Å². The SMILES string of the molecule is CCCCCCCCCCCCCCCCN(CCCN)CCC(O)O. The van der Waals surface area contributed by atoms with E-state index in [1.807, 2.05) is 0 Å². The highest BCUT2D eigenvalue weighted by molar-refractivity contribution is 4.60. The molecule has 0 aliphatic heterocycles. The molecule has 26 heavy (non-hydrogen) atoms. The fraction of sp³-hybridized carbons (Fsp3) is 1.00. The summed E-state index contributed by atoms with van der Waals surface area (Å²) in [5.41, 5.74) is 5.59. The summed E-state index contributed by atoms with van der Waals surface area (Å²) in [6.07, 6.45) is 19.6. The zero-order valence-electron chi connectivity index (χ0n) is 17.6. The molecule has 0 fully saturated rings. The first kappa shape index (κ1) is 25.8. The Bertz CT molecular complexity index is 263. The number of nitrogens with two attached hydrogens (primary N) is 1. The highest BCUT2D eigenvalue weighted by Crippen LogP contribution is 2.13. The maximum Gasteiger partial charge on any atom is 0.152 e. The van der Waals surface area contributed by atoms with Gasteiger partial charge in [-0.25, -0.2) is 0 Å². The summed E-state index contributed by atoms with van der Waals surface area (Å²) in [6.45, 7) is 5.78. The van der Waals surface area contributed by atoms with Crippen molar-refractivity contribution in [3.63, 3.8) is 0 Å². The van der Waals surface area contributed by atoms with E-state index in [-0.39, 0.29) is 0 Å². The molecule has 0 rings (SSSR count). The van der Waals surface area contributed by atoms with Gasteiger partial charge in [0.2, 0.25) is 0 Å². The van der Waals surface area contributed by atoms with Crippen LogP contribution in [0.5, 0.6) is 0 Å². The fourth-order valence-corrected chi connectivity index (χ4v) is 3.48. The van der Waals surface area contributed by atoms with Crippen LogP contribution in [0.3, 0.4) is 0 Å². The largest absolute Gasteiger partial charge is 0.368 e. The Morgan fingerprint density at radius 2 is 1.04 bits per heavy atom. The number of aliphatic hydroxyl groups excluding tert-OH is 1. The molecule has 0 radical (unpaired) electrons. The Morgan fingerprint density at radius 3 is 1.46 bits per heavy atom. The van der Waals surface area contributed by atoms with Gasteiger partial charge >= 0.3 is 0 Å². The van der Waals surface area contributed by atoms with Crippen LogP contribution in [0.25, 0.3) is 0 Å². The molecule has 0 aromatic rings. The Labute approximate surface area is 163 Å². The van der Waals surface area contributed by atoms with Crippen LogP contribution in [0.1, 0.15) is 110 Å². The van der Waals surface area contributed by atoms with E-state index in [9.17, 15) is 0 Å². The minimum Gasteiger partial charge on any atom is -0.368 e. The second-order valence-corrected chi connectivity index (χ2v) is 7.85. The average molecular weight is 373 g/mol. The van der Waals surface area contributed by atoms with Gasteiger partial charge in [0.1, 0.15) is 0 Å². The van der Waals surface area contributed by atoms with Crippen molar-refractivity contribution in [2.75, 3.05) is 26.2 Å². The number of hydrogen-bond acceptors (Lipinski definition) is 4. The molecule has 158 valence electrons. The summed E-state index contributed by atoms with van der Waals surface area (Å²) in [7, 11) is 0. The first-order chi connectivity index (χ1) is 12.7. The maximum atomic E-state index is 9.03. The van der Waals surface area contributed by atoms with Crippen molar-refractivity contribution >= 4 is 0 Å². The molecule has 0 saturated heterocycles. The van der Waals surface area contributed by atoms with E-state index in [1.54, 1.807) is 0 Å². The topological polar surface area (TPSA) is 69.7 Å². The lowest BCUT2D eigenvalue weighted by Crippen LogP contribution is -2.30. The molecule has 0 unspecified atom stereocenters. The van der Waals surface area contributed by atoms with Crippen LogP contribution in [0.4, 0.5) is 0 Å². The van der Waals surface area contributed by atoms with Crippen LogP contribution in [0.2, 0.25) is 0 Å². The van der Waals surface area contributed by atoms with Gasteiger partial charge < -0.3 is 20.8 Å². The predicted molar refractivity (Wildman–Crippen MR) is 113 cm³/mol. The van der Waals surface area contributed by atoms with Gasteiger partial charge in [0.15, 0.2) is 6.29 Å². The highest BCUT2D eigenvalue weighted by atomic mass is 16.5. The summed E-state index contributed by atoms with van der Waals surface area (Å²) >= 11 is 0. The van der Waals surface area contributed by atoms with Crippen molar-refractivity contribution in [1.29, 1.82) is 0 Å². The molecule has 0 aliphatic rings. The van der Waals surface area contributed by atoms with E-state index in [1.165, 1.54) is 89.9 Å². The fourth-order valence-electron chi connectivity index (χ4n) is 3.48. The predicted octanol–water partition coefficient (Wildman–Crippen LogP) is 4.82. The molecular formula is C22H48N2O2. The Morgan fingerprint density at radius 1 is 0.615 bits per heavy atom. The number of hydrogen-bond donors (Lipinski definition) is 3. The summed E-state index contributed by atoms with van der Waals surface area (Å²) in [6, 6.07) is 0. The second-order valence-electron chi connectivity index (χ2n) is 7.85. The zero-order valence-corrected chi connectivity index (χ0v) is 17.6. The van der Waals surface area contributed by atoms with Gasteiger partial charge in [0, 0.05) is 13.0 Å². The van der Waals surface area contributed by atoms with Gasteiger partial charge in [-0.05, 0) is 32.5 Å². The summed E-state index contributed by atoms with van der Waals surface area (Å²) in [5, 5.41) is 18.1. The van der Waals surface area contributed by atoms with E-state index >= 15 is 0 Å². The van der Waals surface area contributed by atoms with Crippen molar-refractivity contribution in [3.05, 3.63) is 0 Å². The van der Waals surface area contributed by atoms with Crippen molar-refractivity contribution < 1.29 is 10.2 Å². The molecule has 0 heterocycles. The van der Waals surface area contributed by atoms with Gasteiger partial charge in [-0.1, -0.05) is 90.4 Å². The Kier molecular flexibility index (Phi) is 21.0. The number of nitrogens with zero attached hydrogens (tertiary/aromatic N) is 1. The second kappa shape index (κ2) is 21.1. The van der Waals surface area contributed by atoms with Crippen molar-refractivity contribution in [2.24, 2.45) is 5.73 Å². The standard InChI is InChI=1S/C22H48N2O2/c1-2-3-4-5-6-7-8-9-10-11-12-13-14-15-19-24(20-16-18-23)21-17-22(25)26/h22,25-26H,2-21,23H2,1H3. The van der Waals surface area contributed by atoms with Crippen molar-refractivity contribution in [1.82, 2.24) is 4.90 Å². The summed E-state index contributed by atoms with van der Waals surface area (Å²) in [4.78, 5) is 2.33. The first-order valence-corrected chi connectivity index (χ1v) is 11.5. The molecule has 0 saturated carbocycles. The maximum absolute atomic E-state index is 9.03. The number of unbranched alkanes of at least 4 members (excludes halogenated alkanes) is 13. The molecule has 4 heteroatoms. The lowest BCUT2D eigenvalue weighted by atomic mass is 10.0. The monoisotopic (exact) mass is 372 g/mol. The van der Waals surface area contributed by atoms with Crippen LogP contribution in [0, 0.1) is 0 Å². The molecule has 0 aromatic heterocycles. The molecular weight excluding hydrogens is 324 g/mol. The molecule has 0 atom stereocenters. The van der Waals surface area contributed by atoms with Crippen LogP contribution in [-0.4, -0.2) is 47.6 Å². The van der Waals surface area contributed by atoms with Gasteiger partial charge in [0.05, 0.1) is 0 Å². The minimum absolute atomic E-state index is 0.434. The normalized spacial score (nSPS) is 11.8. The lowest BCUT2D eigenvalue weighted by Gasteiger charge is -2.22. The van der Waals surface area contributed by atoms with Gasteiger partial charge in [-0.3, -0.25) is 0 Å². The van der Waals surface area contributed by atoms with Crippen molar-refractivity contribution in [2.45, 2.75) is 116 Å². The molecule has 0 bridgehead atoms. The Hall–Kier alpha value is -0.160. The zero-order chi connectivity index (χ0) is 19.3.